The van der Waals surface area contributed by atoms with Gasteiger partial charge in [-0.2, -0.15) is 18.3 Å². The fourth-order valence-corrected chi connectivity index (χ4v) is 4.02. The predicted molar refractivity (Wildman–Crippen MR) is 110 cm³/mol. The molecule has 2 aromatic heterocycles. The van der Waals surface area contributed by atoms with Crippen LogP contribution < -0.4 is 9.47 Å². The van der Waals surface area contributed by atoms with Gasteiger partial charge in [0, 0.05) is 30.8 Å². The Morgan fingerprint density at radius 2 is 1.91 bits per heavy atom. The molecule has 0 N–H and O–H groups in total. The maximum absolute atomic E-state index is 13.4. The summed E-state index contributed by atoms with van der Waals surface area (Å²) in [5.74, 6) is 0.921. The summed E-state index contributed by atoms with van der Waals surface area (Å²) in [6, 6.07) is 7.88. The molecule has 1 amide bonds. The lowest BCUT2D eigenvalue weighted by atomic mass is 10.1. The van der Waals surface area contributed by atoms with Crippen LogP contribution in [0, 0.1) is 6.92 Å². The summed E-state index contributed by atoms with van der Waals surface area (Å²) < 4.78 is 51.6. The van der Waals surface area contributed by atoms with Gasteiger partial charge < -0.3 is 14.4 Å². The van der Waals surface area contributed by atoms with Crippen LogP contribution in [0.25, 0.3) is 5.65 Å². The van der Waals surface area contributed by atoms with Crippen LogP contribution >= 0.6 is 0 Å². The van der Waals surface area contributed by atoms with E-state index in [0.29, 0.717) is 36.7 Å². The average Bonchev–Trinajstić information content (AvgIpc) is 3.39. The summed E-state index contributed by atoms with van der Waals surface area (Å²) >= 11 is 0. The number of alkyl halides is 3. The van der Waals surface area contributed by atoms with Gasteiger partial charge in [0.25, 0.3) is 0 Å². The number of carbonyl (C=O) groups is 1. The number of likely N-dealkylation sites (tertiary alicyclic amines) is 1. The summed E-state index contributed by atoms with van der Waals surface area (Å²) in [6.45, 7) is 2.44. The molecule has 7 nitrogen and oxygen atoms in total. The largest absolute Gasteiger partial charge is 0.493 e. The van der Waals surface area contributed by atoms with Gasteiger partial charge in [0.05, 0.1) is 26.3 Å². The first kappa shape index (κ1) is 21.9. The highest BCUT2D eigenvalue weighted by Gasteiger charge is 2.36. The van der Waals surface area contributed by atoms with E-state index in [2.05, 4.69) is 10.1 Å². The summed E-state index contributed by atoms with van der Waals surface area (Å²) in [7, 11) is 3.07. The van der Waals surface area contributed by atoms with Gasteiger partial charge in [0.15, 0.2) is 17.1 Å². The van der Waals surface area contributed by atoms with Crippen molar-refractivity contribution in [2.45, 2.75) is 31.9 Å². The van der Waals surface area contributed by atoms with Gasteiger partial charge in [-0.1, -0.05) is 6.07 Å². The molecule has 1 atom stereocenters. The minimum atomic E-state index is -4.54. The second kappa shape index (κ2) is 8.33. The second-order valence-corrected chi connectivity index (χ2v) is 7.81. The fraction of sp³-hybridized carbons (Fsp3) is 0.409. The normalized spacial score (nSPS) is 16.6. The van der Waals surface area contributed by atoms with E-state index in [4.69, 9.17) is 9.47 Å². The average molecular weight is 448 g/mol. The van der Waals surface area contributed by atoms with Crippen LogP contribution in [0.15, 0.2) is 30.3 Å². The van der Waals surface area contributed by atoms with Crippen LogP contribution in [-0.2, 0) is 17.4 Å². The van der Waals surface area contributed by atoms with Gasteiger partial charge in [-0.25, -0.2) is 9.50 Å². The first-order valence-electron chi connectivity index (χ1n) is 10.1. The Hall–Kier alpha value is -3.30. The van der Waals surface area contributed by atoms with Crippen molar-refractivity contribution < 1.29 is 27.4 Å². The van der Waals surface area contributed by atoms with E-state index < -0.39 is 11.9 Å². The lowest BCUT2D eigenvalue weighted by Crippen LogP contribution is -2.29. The lowest BCUT2D eigenvalue weighted by molar-refractivity contribution is -0.142. The zero-order chi connectivity index (χ0) is 23.0. The van der Waals surface area contributed by atoms with Crippen LogP contribution in [0.2, 0.25) is 0 Å². The Morgan fingerprint density at radius 1 is 1.16 bits per heavy atom. The molecule has 170 valence electrons. The monoisotopic (exact) mass is 448 g/mol. The van der Waals surface area contributed by atoms with Gasteiger partial charge in [-0.3, -0.25) is 4.79 Å². The first-order chi connectivity index (χ1) is 15.2. The molecule has 3 aromatic rings. The molecule has 3 heterocycles. The van der Waals surface area contributed by atoms with E-state index in [1.807, 2.05) is 6.07 Å². The van der Waals surface area contributed by atoms with Gasteiger partial charge in [-0.05, 0) is 37.1 Å². The number of hydrogen-bond acceptors (Lipinski definition) is 5. The lowest BCUT2D eigenvalue weighted by Gasteiger charge is -2.17. The smallest absolute Gasteiger partial charge is 0.433 e. The van der Waals surface area contributed by atoms with E-state index in [1.54, 1.807) is 30.2 Å². The number of ether oxygens (including phenoxy) is 2. The van der Waals surface area contributed by atoms with Crippen LogP contribution in [-0.4, -0.2) is 52.7 Å². The molecule has 1 aliphatic heterocycles. The molecule has 0 saturated carbocycles. The molecule has 0 unspecified atom stereocenters. The first-order valence-corrected chi connectivity index (χ1v) is 10.1. The summed E-state index contributed by atoms with van der Waals surface area (Å²) in [4.78, 5) is 18.7. The molecule has 1 saturated heterocycles. The van der Waals surface area contributed by atoms with Gasteiger partial charge in [-0.15, -0.1) is 0 Å². The number of amides is 1. The Balaban J connectivity index is 1.50. The SMILES string of the molecule is COc1ccc(CC(=O)N2CC[C@H](c3cc4nc(C)cc(C(F)(F)F)n4n3)C2)cc1OC. The minimum Gasteiger partial charge on any atom is -0.493 e. The number of halogens is 3. The Morgan fingerprint density at radius 3 is 2.59 bits per heavy atom. The fourth-order valence-electron chi connectivity index (χ4n) is 4.02. The van der Waals surface area contributed by atoms with Gasteiger partial charge in [0.1, 0.15) is 5.69 Å². The highest BCUT2D eigenvalue weighted by Crippen LogP contribution is 2.33. The van der Waals surface area contributed by atoms with E-state index in [1.165, 1.54) is 14.0 Å². The quantitative estimate of drug-likeness (QED) is 0.596. The van der Waals surface area contributed by atoms with Crippen LogP contribution in [0.1, 0.15) is 35.0 Å². The molecule has 1 aromatic carbocycles. The van der Waals surface area contributed by atoms with Crippen LogP contribution in [0.5, 0.6) is 11.5 Å². The molecule has 0 spiro atoms. The van der Waals surface area contributed by atoms with Crippen molar-refractivity contribution in [3.8, 4) is 11.5 Å². The molecule has 0 radical (unpaired) electrons. The topological polar surface area (TPSA) is 69.0 Å². The van der Waals surface area contributed by atoms with E-state index in [9.17, 15) is 18.0 Å². The maximum atomic E-state index is 13.4. The summed E-state index contributed by atoms with van der Waals surface area (Å²) in [5, 5.41) is 4.19. The second-order valence-electron chi connectivity index (χ2n) is 7.81. The maximum Gasteiger partial charge on any atom is 0.433 e. The number of fused-ring (bicyclic) bond motifs is 1. The highest BCUT2D eigenvalue weighted by atomic mass is 19.4. The van der Waals surface area contributed by atoms with E-state index in [0.717, 1.165) is 16.1 Å². The third-order valence-electron chi connectivity index (χ3n) is 5.63. The molecule has 0 aliphatic carbocycles. The molecule has 1 aliphatic rings. The minimum absolute atomic E-state index is 0.0616. The number of carbonyl (C=O) groups excluding carboxylic acids is 1. The van der Waals surface area contributed by atoms with Gasteiger partial charge >= 0.3 is 6.18 Å². The zero-order valence-corrected chi connectivity index (χ0v) is 17.9. The standard InChI is InChI=1S/C22H23F3N4O3/c1-13-8-19(22(23,24)25)29-20(26-13)11-16(27-29)15-6-7-28(12-15)21(30)10-14-4-5-17(31-2)18(9-14)32-3/h4-5,8-9,11,15H,6-7,10,12H2,1-3H3/t15-/m0/s1. The van der Waals surface area contributed by atoms with Crippen LogP contribution in [0.4, 0.5) is 13.2 Å². The molecule has 32 heavy (non-hydrogen) atoms. The van der Waals surface area contributed by atoms with Crippen molar-refractivity contribution in [2.24, 2.45) is 0 Å². The Labute approximate surface area is 182 Å². The number of rotatable bonds is 5. The molecule has 0 bridgehead atoms. The number of methoxy groups -OCH3 is 2. The van der Waals surface area contributed by atoms with Crippen molar-refractivity contribution in [1.29, 1.82) is 0 Å². The molecule has 10 heteroatoms. The number of aryl methyl sites for hydroxylation is 1. The molecule has 4 rings (SSSR count). The summed E-state index contributed by atoms with van der Waals surface area (Å²) in [5.41, 5.74) is 0.871. The van der Waals surface area contributed by atoms with Crippen molar-refractivity contribution in [3.05, 3.63) is 53.0 Å². The number of benzene rings is 1. The van der Waals surface area contributed by atoms with Crippen LogP contribution in [0.3, 0.4) is 0 Å². The van der Waals surface area contributed by atoms with Crippen molar-refractivity contribution in [2.75, 3.05) is 27.3 Å². The van der Waals surface area contributed by atoms with Crippen molar-refractivity contribution in [3.63, 3.8) is 0 Å². The van der Waals surface area contributed by atoms with Crippen molar-refractivity contribution >= 4 is 11.6 Å². The molecular formula is C22H23F3N4O3. The molecule has 1 fully saturated rings. The Bertz CT molecular complexity index is 1160. The number of nitrogens with zero attached hydrogens (tertiary/aromatic N) is 4. The third-order valence-corrected chi connectivity index (χ3v) is 5.63. The highest BCUT2D eigenvalue weighted by molar-refractivity contribution is 5.79. The predicted octanol–water partition coefficient (Wildman–Crippen LogP) is 3.63. The molecular weight excluding hydrogens is 425 g/mol. The third kappa shape index (κ3) is 4.21. The van der Waals surface area contributed by atoms with E-state index in [-0.39, 0.29) is 29.6 Å². The zero-order valence-electron chi connectivity index (χ0n) is 17.9. The number of aromatic nitrogens is 3. The summed E-state index contributed by atoms with van der Waals surface area (Å²) in [6.07, 6.45) is -3.72. The van der Waals surface area contributed by atoms with Gasteiger partial charge in [0.2, 0.25) is 5.91 Å². The van der Waals surface area contributed by atoms with E-state index >= 15 is 0 Å². The Kier molecular flexibility index (Phi) is 5.70. The number of hydrogen-bond donors (Lipinski definition) is 0. The van der Waals surface area contributed by atoms with Crippen molar-refractivity contribution in [1.82, 2.24) is 19.5 Å².